The van der Waals surface area contributed by atoms with Crippen LogP contribution in [0.5, 0.6) is 0 Å². The standard InChI is InChI=1S/C10H15F3O2/c11-10(12,13)8(14)7-2-5-15-9(6-7)3-1-4-9/h7-8,14H,1-6H2. The van der Waals surface area contributed by atoms with Crippen LogP contribution in [0, 0.1) is 5.92 Å². The molecule has 1 saturated heterocycles. The average Bonchev–Trinajstić information content (AvgIpc) is 2.13. The van der Waals surface area contributed by atoms with Crippen molar-refractivity contribution in [1.29, 1.82) is 0 Å². The minimum atomic E-state index is -4.49. The predicted molar refractivity (Wildman–Crippen MR) is 47.3 cm³/mol. The van der Waals surface area contributed by atoms with Gasteiger partial charge in [0.15, 0.2) is 6.10 Å². The molecule has 1 aliphatic heterocycles. The predicted octanol–water partition coefficient (Wildman–Crippen LogP) is 2.26. The van der Waals surface area contributed by atoms with Crippen molar-refractivity contribution in [3.8, 4) is 0 Å². The number of hydrogen-bond acceptors (Lipinski definition) is 2. The molecule has 2 aliphatic rings. The zero-order chi connectivity index (χ0) is 11.1. The highest BCUT2D eigenvalue weighted by Crippen LogP contribution is 2.46. The Morgan fingerprint density at radius 3 is 2.47 bits per heavy atom. The summed E-state index contributed by atoms with van der Waals surface area (Å²) in [5, 5.41) is 9.18. The summed E-state index contributed by atoms with van der Waals surface area (Å²) >= 11 is 0. The van der Waals surface area contributed by atoms with Gasteiger partial charge in [-0.3, -0.25) is 0 Å². The van der Waals surface area contributed by atoms with E-state index in [0.29, 0.717) is 19.4 Å². The number of rotatable bonds is 1. The molecule has 0 bridgehead atoms. The summed E-state index contributed by atoms with van der Waals surface area (Å²) in [6.45, 7) is 0.345. The summed E-state index contributed by atoms with van der Waals surface area (Å²) in [6, 6.07) is 0. The van der Waals surface area contributed by atoms with Gasteiger partial charge < -0.3 is 9.84 Å². The van der Waals surface area contributed by atoms with Crippen LogP contribution in [0.1, 0.15) is 32.1 Å². The van der Waals surface area contributed by atoms with Crippen molar-refractivity contribution in [2.75, 3.05) is 6.61 Å². The van der Waals surface area contributed by atoms with Gasteiger partial charge in [-0.05, 0) is 38.0 Å². The third kappa shape index (κ3) is 2.13. The maximum absolute atomic E-state index is 12.3. The number of aliphatic hydroxyl groups is 1. The van der Waals surface area contributed by atoms with Crippen LogP contribution in [0.15, 0.2) is 0 Å². The Morgan fingerprint density at radius 1 is 1.33 bits per heavy atom. The molecule has 88 valence electrons. The van der Waals surface area contributed by atoms with E-state index < -0.39 is 18.2 Å². The van der Waals surface area contributed by atoms with Gasteiger partial charge in [0.05, 0.1) is 5.60 Å². The molecule has 0 amide bonds. The molecular formula is C10H15F3O2. The molecule has 15 heavy (non-hydrogen) atoms. The molecule has 0 radical (unpaired) electrons. The fourth-order valence-corrected chi connectivity index (χ4v) is 2.52. The van der Waals surface area contributed by atoms with E-state index in [1.54, 1.807) is 0 Å². The third-order valence-electron chi connectivity index (χ3n) is 3.58. The van der Waals surface area contributed by atoms with Crippen LogP contribution in [0.3, 0.4) is 0 Å². The summed E-state index contributed by atoms with van der Waals surface area (Å²) in [6.07, 6.45) is -3.31. The quantitative estimate of drug-likeness (QED) is 0.740. The van der Waals surface area contributed by atoms with Gasteiger partial charge in [0, 0.05) is 6.61 Å². The molecule has 2 fully saturated rings. The fraction of sp³-hybridized carbons (Fsp3) is 1.00. The zero-order valence-corrected chi connectivity index (χ0v) is 8.39. The molecular weight excluding hydrogens is 209 g/mol. The summed E-state index contributed by atoms with van der Waals surface area (Å²) in [4.78, 5) is 0. The molecule has 2 unspecified atom stereocenters. The molecule has 1 heterocycles. The van der Waals surface area contributed by atoms with Crippen LogP contribution >= 0.6 is 0 Å². The van der Waals surface area contributed by atoms with E-state index >= 15 is 0 Å². The van der Waals surface area contributed by atoms with E-state index in [4.69, 9.17) is 4.74 Å². The van der Waals surface area contributed by atoms with Gasteiger partial charge in [-0.25, -0.2) is 0 Å². The van der Waals surface area contributed by atoms with Crippen molar-refractivity contribution < 1.29 is 23.0 Å². The highest BCUT2D eigenvalue weighted by Gasteiger charge is 2.50. The summed E-state index contributed by atoms with van der Waals surface area (Å²) in [5.74, 6) is -0.681. The Bertz CT molecular complexity index is 235. The lowest BCUT2D eigenvalue weighted by Crippen LogP contribution is -2.50. The topological polar surface area (TPSA) is 29.5 Å². The van der Waals surface area contributed by atoms with Crippen LogP contribution in [-0.2, 0) is 4.74 Å². The molecule has 1 N–H and O–H groups in total. The molecule has 1 saturated carbocycles. The Balaban J connectivity index is 1.98. The van der Waals surface area contributed by atoms with Gasteiger partial charge in [-0.2, -0.15) is 13.2 Å². The summed E-state index contributed by atoms with van der Waals surface area (Å²) in [5.41, 5.74) is -0.338. The number of aliphatic hydroxyl groups excluding tert-OH is 1. The molecule has 0 aromatic heterocycles. The van der Waals surface area contributed by atoms with E-state index in [9.17, 15) is 18.3 Å². The van der Waals surface area contributed by atoms with Crippen molar-refractivity contribution in [2.24, 2.45) is 5.92 Å². The summed E-state index contributed by atoms with van der Waals surface area (Å²) < 4.78 is 42.5. The van der Waals surface area contributed by atoms with Gasteiger partial charge in [0.25, 0.3) is 0 Å². The SMILES string of the molecule is OC(C1CCOC2(CCC2)C1)C(F)(F)F. The van der Waals surface area contributed by atoms with Crippen LogP contribution in [0.2, 0.25) is 0 Å². The Hall–Kier alpha value is -0.290. The van der Waals surface area contributed by atoms with E-state index in [0.717, 1.165) is 19.3 Å². The van der Waals surface area contributed by atoms with Crippen molar-refractivity contribution in [2.45, 2.75) is 50.0 Å². The molecule has 2 rings (SSSR count). The second kappa shape index (κ2) is 3.63. The van der Waals surface area contributed by atoms with Gasteiger partial charge >= 0.3 is 6.18 Å². The largest absolute Gasteiger partial charge is 0.414 e. The van der Waals surface area contributed by atoms with Crippen LogP contribution in [0.25, 0.3) is 0 Å². The van der Waals surface area contributed by atoms with E-state index in [-0.39, 0.29) is 5.60 Å². The molecule has 0 aromatic carbocycles. The zero-order valence-electron chi connectivity index (χ0n) is 8.39. The van der Waals surface area contributed by atoms with E-state index in [1.807, 2.05) is 0 Å². The fourth-order valence-electron chi connectivity index (χ4n) is 2.52. The number of alkyl halides is 3. The second-order valence-electron chi connectivity index (χ2n) is 4.62. The smallest absolute Gasteiger partial charge is 0.383 e. The molecule has 1 spiro atoms. The normalized spacial score (nSPS) is 32.4. The summed E-state index contributed by atoms with van der Waals surface area (Å²) in [7, 11) is 0. The molecule has 0 aromatic rings. The first-order valence-corrected chi connectivity index (χ1v) is 5.32. The minimum Gasteiger partial charge on any atom is -0.383 e. The highest BCUT2D eigenvalue weighted by molar-refractivity contribution is 4.96. The molecule has 2 atom stereocenters. The first-order chi connectivity index (χ1) is 6.93. The van der Waals surface area contributed by atoms with E-state index in [1.165, 1.54) is 0 Å². The Kier molecular flexibility index (Phi) is 2.71. The Labute approximate surface area is 86.4 Å². The van der Waals surface area contributed by atoms with Crippen molar-refractivity contribution in [3.63, 3.8) is 0 Å². The second-order valence-corrected chi connectivity index (χ2v) is 4.62. The lowest BCUT2D eigenvalue weighted by molar-refractivity contribution is -0.241. The monoisotopic (exact) mass is 224 g/mol. The first-order valence-electron chi connectivity index (χ1n) is 5.32. The van der Waals surface area contributed by atoms with Crippen LogP contribution < -0.4 is 0 Å². The maximum atomic E-state index is 12.3. The van der Waals surface area contributed by atoms with Gasteiger partial charge in [0.2, 0.25) is 0 Å². The van der Waals surface area contributed by atoms with Crippen molar-refractivity contribution in [3.05, 3.63) is 0 Å². The lowest BCUT2D eigenvalue weighted by atomic mass is 9.71. The minimum absolute atomic E-state index is 0.308. The van der Waals surface area contributed by atoms with Crippen LogP contribution in [-0.4, -0.2) is 29.6 Å². The Morgan fingerprint density at radius 2 is 2.00 bits per heavy atom. The van der Waals surface area contributed by atoms with E-state index in [2.05, 4.69) is 0 Å². The molecule has 5 heteroatoms. The van der Waals surface area contributed by atoms with Gasteiger partial charge in [0.1, 0.15) is 0 Å². The first kappa shape index (κ1) is 11.2. The van der Waals surface area contributed by atoms with Crippen LogP contribution in [0.4, 0.5) is 13.2 Å². The highest BCUT2D eigenvalue weighted by atomic mass is 19.4. The van der Waals surface area contributed by atoms with Crippen molar-refractivity contribution >= 4 is 0 Å². The number of hydrogen-bond donors (Lipinski definition) is 1. The third-order valence-corrected chi connectivity index (χ3v) is 3.58. The number of halogens is 3. The molecule has 1 aliphatic carbocycles. The number of ether oxygens (including phenoxy) is 1. The lowest BCUT2D eigenvalue weighted by Gasteiger charge is -2.48. The molecule has 2 nitrogen and oxygen atoms in total. The van der Waals surface area contributed by atoms with Gasteiger partial charge in [-0.15, -0.1) is 0 Å². The van der Waals surface area contributed by atoms with Crippen molar-refractivity contribution in [1.82, 2.24) is 0 Å². The average molecular weight is 224 g/mol. The maximum Gasteiger partial charge on any atom is 0.414 e. The van der Waals surface area contributed by atoms with Gasteiger partial charge in [-0.1, -0.05) is 0 Å².